The van der Waals surface area contributed by atoms with E-state index in [1.165, 1.54) is 0 Å². The van der Waals surface area contributed by atoms with Gasteiger partial charge in [-0.25, -0.2) is 0 Å². The van der Waals surface area contributed by atoms with Gasteiger partial charge in [-0.15, -0.1) is 0 Å². The summed E-state index contributed by atoms with van der Waals surface area (Å²) in [7, 11) is 0. The van der Waals surface area contributed by atoms with Gasteiger partial charge in [0.1, 0.15) is 0 Å². The van der Waals surface area contributed by atoms with Crippen LogP contribution in [0.5, 0.6) is 0 Å². The number of H-pyrrole nitrogens is 1. The van der Waals surface area contributed by atoms with Crippen LogP contribution in [0.3, 0.4) is 0 Å². The van der Waals surface area contributed by atoms with Crippen LogP contribution < -0.4 is 5.32 Å². The van der Waals surface area contributed by atoms with Gasteiger partial charge in [-0.3, -0.25) is 9.89 Å². The maximum absolute atomic E-state index is 11.9. The quantitative estimate of drug-likeness (QED) is 0.716. The highest BCUT2D eigenvalue weighted by Gasteiger charge is 2.26. The zero-order chi connectivity index (χ0) is 11.0. The van der Waals surface area contributed by atoms with Gasteiger partial charge < -0.3 is 14.8 Å². The highest BCUT2D eigenvalue weighted by molar-refractivity contribution is 5.94. The van der Waals surface area contributed by atoms with Crippen molar-refractivity contribution < 1.29 is 14.3 Å². The number of fused-ring (bicyclic) bond motifs is 1. The number of aromatic nitrogens is 2. The summed E-state index contributed by atoms with van der Waals surface area (Å²) in [5.74, 6) is -0.142. The third kappa shape index (κ3) is 1.60. The molecule has 3 heterocycles. The summed E-state index contributed by atoms with van der Waals surface area (Å²) in [6.45, 7) is 2.34. The summed E-state index contributed by atoms with van der Waals surface area (Å²) in [4.78, 5) is 11.9. The number of nitrogens with zero attached hydrogens (tertiary/aromatic N) is 1. The Balaban J connectivity index is 1.77. The lowest BCUT2D eigenvalue weighted by molar-refractivity contribution is -0.00361. The molecule has 0 unspecified atom stereocenters. The summed E-state index contributed by atoms with van der Waals surface area (Å²) in [5.41, 5.74) is 2.37. The number of carbonyl (C=O) groups is 1. The van der Waals surface area contributed by atoms with Gasteiger partial charge in [0.05, 0.1) is 32.5 Å². The molecule has 86 valence electrons. The molecule has 2 aliphatic heterocycles. The molecule has 16 heavy (non-hydrogen) atoms. The van der Waals surface area contributed by atoms with Crippen LogP contribution in [0.15, 0.2) is 0 Å². The molecule has 1 saturated heterocycles. The first-order valence-corrected chi connectivity index (χ1v) is 5.37. The second-order valence-electron chi connectivity index (χ2n) is 4.04. The van der Waals surface area contributed by atoms with Crippen LogP contribution in [0.2, 0.25) is 0 Å². The lowest BCUT2D eigenvalue weighted by Crippen LogP contribution is -2.48. The number of carbonyl (C=O) groups excluding carboxylic acids is 1. The van der Waals surface area contributed by atoms with E-state index in [4.69, 9.17) is 9.47 Å². The van der Waals surface area contributed by atoms with Crippen LogP contribution in [0, 0.1) is 0 Å². The van der Waals surface area contributed by atoms with Crippen molar-refractivity contribution in [3.63, 3.8) is 0 Å². The van der Waals surface area contributed by atoms with Gasteiger partial charge in [-0.1, -0.05) is 0 Å². The summed E-state index contributed by atoms with van der Waals surface area (Å²) in [6, 6.07) is 0.129. The van der Waals surface area contributed by atoms with Crippen molar-refractivity contribution in [2.45, 2.75) is 19.1 Å². The molecule has 2 aliphatic rings. The van der Waals surface area contributed by atoms with Crippen LogP contribution in [-0.4, -0.2) is 42.0 Å². The Morgan fingerprint density at radius 2 is 2.31 bits per heavy atom. The van der Waals surface area contributed by atoms with E-state index in [1.807, 2.05) is 0 Å². The molecule has 2 N–H and O–H groups in total. The fraction of sp³-hybridized carbons (Fsp3) is 0.600. The number of hydrogen-bond donors (Lipinski definition) is 2. The van der Waals surface area contributed by atoms with Crippen LogP contribution in [0.1, 0.15) is 21.7 Å². The van der Waals surface area contributed by atoms with Gasteiger partial charge in [0, 0.05) is 17.7 Å². The molecule has 0 saturated carbocycles. The fourth-order valence-corrected chi connectivity index (χ4v) is 1.87. The second kappa shape index (κ2) is 3.88. The molecule has 1 aromatic heterocycles. The molecular formula is C10H13N3O3. The molecule has 1 amide bonds. The average Bonchev–Trinajstić information content (AvgIpc) is 2.67. The van der Waals surface area contributed by atoms with Crippen molar-refractivity contribution in [1.29, 1.82) is 0 Å². The van der Waals surface area contributed by atoms with Gasteiger partial charge >= 0.3 is 0 Å². The fourth-order valence-electron chi connectivity index (χ4n) is 1.87. The standard InChI is InChI=1S/C10H13N3O3/c14-10(11-6-3-16-4-6)9-7-5-15-2-1-8(7)12-13-9/h6H,1-5H2,(H,11,14)(H,12,13). The second-order valence-corrected chi connectivity index (χ2v) is 4.04. The minimum absolute atomic E-state index is 0.129. The van der Waals surface area contributed by atoms with E-state index in [9.17, 15) is 4.79 Å². The van der Waals surface area contributed by atoms with Gasteiger partial charge in [-0.05, 0) is 0 Å². The van der Waals surface area contributed by atoms with E-state index in [1.54, 1.807) is 0 Å². The first-order chi connectivity index (χ1) is 7.84. The van der Waals surface area contributed by atoms with Gasteiger partial charge in [0.25, 0.3) is 5.91 Å². The molecular weight excluding hydrogens is 210 g/mol. The van der Waals surface area contributed by atoms with E-state index in [0.29, 0.717) is 32.1 Å². The summed E-state index contributed by atoms with van der Waals surface area (Å²) >= 11 is 0. The summed E-state index contributed by atoms with van der Waals surface area (Å²) in [6.07, 6.45) is 0.794. The molecule has 0 aliphatic carbocycles. The molecule has 1 aromatic rings. The predicted molar refractivity (Wildman–Crippen MR) is 54.0 cm³/mol. The average molecular weight is 223 g/mol. The van der Waals surface area contributed by atoms with Crippen molar-refractivity contribution in [3.05, 3.63) is 17.0 Å². The highest BCUT2D eigenvalue weighted by atomic mass is 16.5. The largest absolute Gasteiger partial charge is 0.377 e. The van der Waals surface area contributed by atoms with Crippen molar-refractivity contribution in [2.24, 2.45) is 0 Å². The highest BCUT2D eigenvalue weighted by Crippen LogP contribution is 2.18. The normalized spacial score (nSPS) is 20.0. The van der Waals surface area contributed by atoms with E-state index < -0.39 is 0 Å². The topological polar surface area (TPSA) is 76.2 Å². The van der Waals surface area contributed by atoms with E-state index in [0.717, 1.165) is 17.7 Å². The first-order valence-electron chi connectivity index (χ1n) is 5.37. The lowest BCUT2D eigenvalue weighted by atomic mass is 10.1. The van der Waals surface area contributed by atoms with Gasteiger partial charge in [0.2, 0.25) is 0 Å². The van der Waals surface area contributed by atoms with Crippen molar-refractivity contribution in [2.75, 3.05) is 19.8 Å². The zero-order valence-corrected chi connectivity index (χ0v) is 8.78. The minimum Gasteiger partial charge on any atom is -0.377 e. The summed E-state index contributed by atoms with van der Waals surface area (Å²) < 4.78 is 10.3. The van der Waals surface area contributed by atoms with Gasteiger partial charge in [-0.2, -0.15) is 5.10 Å². The Bertz CT molecular complexity index is 411. The Labute approximate surface area is 92.3 Å². The first kappa shape index (κ1) is 9.80. The predicted octanol–water partition coefficient (Wildman–Crippen LogP) is -0.389. The number of aromatic amines is 1. The molecule has 0 aromatic carbocycles. The van der Waals surface area contributed by atoms with Crippen LogP contribution in [0.4, 0.5) is 0 Å². The molecule has 6 nitrogen and oxygen atoms in total. The molecule has 0 spiro atoms. The number of nitrogens with one attached hydrogen (secondary N) is 2. The minimum atomic E-state index is -0.142. The maximum Gasteiger partial charge on any atom is 0.272 e. The van der Waals surface area contributed by atoms with Crippen molar-refractivity contribution in [3.8, 4) is 0 Å². The SMILES string of the molecule is O=C(NC1COC1)c1n[nH]c2c1COCC2. The van der Waals surface area contributed by atoms with Crippen molar-refractivity contribution in [1.82, 2.24) is 15.5 Å². The molecule has 6 heteroatoms. The molecule has 0 bridgehead atoms. The number of ether oxygens (including phenoxy) is 2. The van der Waals surface area contributed by atoms with E-state index in [2.05, 4.69) is 15.5 Å². The Hall–Kier alpha value is -1.40. The lowest BCUT2D eigenvalue weighted by Gasteiger charge is -2.26. The maximum atomic E-state index is 11.9. The monoisotopic (exact) mass is 223 g/mol. The number of hydrogen-bond acceptors (Lipinski definition) is 4. The van der Waals surface area contributed by atoms with Crippen LogP contribution in [0.25, 0.3) is 0 Å². The zero-order valence-electron chi connectivity index (χ0n) is 8.78. The van der Waals surface area contributed by atoms with Crippen LogP contribution in [-0.2, 0) is 22.5 Å². The third-order valence-electron chi connectivity index (χ3n) is 2.88. The molecule has 0 radical (unpaired) electrons. The Morgan fingerprint density at radius 1 is 1.44 bits per heavy atom. The van der Waals surface area contributed by atoms with Crippen LogP contribution >= 0.6 is 0 Å². The molecule has 0 atom stereocenters. The van der Waals surface area contributed by atoms with Gasteiger partial charge in [0.15, 0.2) is 5.69 Å². The molecule has 3 rings (SSSR count). The summed E-state index contributed by atoms with van der Waals surface area (Å²) in [5, 5.41) is 9.81. The Kier molecular flexibility index (Phi) is 2.37. The Morgan fingerprint density at radius 3 is 3.06 bits per heavy atom. The third-order valence-corrected chi connectivity index (χ3v) is 2.88. The van der Waals surface area contributed by atoms with Crippen molar-refractivity contribution >= 4 is 5.91 Å². The molecule has 1 fully saturated rings. The number of rotatable bonds is 2. The smallest absolute Gasteiger partial charge is 0.272 e. The number of amides is 1. The van der Waals surface area contributed by atoms with E-state index >= 15 is 0 Å². The van der Waals surface area contributed by atoms with E-state index in [-0.39, 0.29) is 11.9 Å².